The van der Waals surface area contributed by atoms with E-state index in [1.54, 1.807) is 18.2 Å². The minimum atomic E-state index is -4.20. The molecule has 2 aromatic carbocycles. The summed E-state index contributed by atoms with van der Waals surface area (Å²) in [5.41, 5.74) is 8.03. The van der Waals surface area contributed by atoms with Gasteiger partial charge in [0.1, 0.15) is 0 Å². The lowest BCUT2D eigenvalue weighted by Gasteiger charge is -2.26. The smallest absolute Gasteiger partial charge is 0.241 e. The van der Waals surface area contributed by atoms with Crippen LogP contribution in [0.2, 0.25) is 0 Å². The predicted octanol–water partition coefficient (Wildman–Crippen LogP) is 3.46. The summed E-state index contributed by atoms with van der Waals surface area (Å²) >= 11 is 0. The zero-order valence-corrected chi connectivity index (χ0v) is 14.6. The number of hydrogen-bond donors (Lipinski definition) is 2. The maximum absolute atomic E-state index is 13.3. The first-order valence-corrected chi connectivity index (χ1v) is 8.81. The number of fused-ring (bicyclic) bond motifs is 1. The zero-order valence-electron chi connectivity index (χ0n) is 12.9. The van der Waals surface area contributed by atoms with E-state index in [1.165, 1.54) is 0 Å². The van der Waals surface area contributed by atoms with E-state index in [9.17, 15) is 21.6 Å². The number of aryl methyl sites for hydroxylation is 1. The Morgan fingerprint density at radius 1 is 1.08 bits per heavy atom. The van der Waals surface area contributed by atoms with Gasteiger partial charge in [0.05, 0.1) is 4.90 Å². The molecule has 136 valence electrons. The summed E-state index contributed by atoms with van der Waals surface area (Å²) < 4.78 is 66.9. The molecule has 1 atom stereocenters. The van der Waals surface area contributed by atoms with Crippen molar-refractivity contribution in [3.8, 4) is 0 Å². The van der Waals surface area contributed by atoms with Gasteiger partial charge in [0.2, 0.25) is 10.0 Å². The molecule has 3 rings (SSSR count). The van der Waals surface area contributed by atoms with Crippen LogP contribution < -0.4 is 10.5 Å². The highest BCUT2D eigenvalue weighted by atomic mass is 35.5. The summed E-state index contributed by atoms with van der Waals surface area (Å²) in [5, 5.41) is 0. The van der Waals surface area contributed by atoms with Crippen molar-refractivity contribution in [2.75, 3.05) is 5.73 Å². The Morgan fingerprint density at radius 2 is 1.72 bits per heavy atom. The monoisotopic (exact) mass is 392 g/mol. The molecule has 0 aromatic heterocycles. The molecule has 9 heteroatoms. The molecule has 1 aliphatic carbocycles. The third kappa shape index (κ3) is 3.91. The minimum Gasteiger partial charge on any atom is -0.399 e. The number of anilines is 1. The molecule has 25 heavy (non-hydrogen) atoms. The maximum Gasteiger partial charge on any atom is 0.241 e. The summed E-state index contributed by atoms with van der Waals surface area (Å²) in [4.78, 5) is -0.651. The second-order valence-electron chi connectivity index (χ2n) is 5.73. The van der Waals surface area contributed by atoms with E-state index in [-0.39, 0.29) is 12.4 Å². The van der Waals surface area contributed by atoms with Crippen molar-refractivity contribution >= 4 is 28.1 Å². The fourth-order valence-corrected chi connectivity index (χ4v) is 4.17. The highest BCUT2D eigenvalue weighted by Gasteiger charge is 2.27. The van der Waals surface area contributed by atoms with E-state index in [0.29, 0.717) is 24.2 Å². The number of nitrogens with one attached hydrogen (secondary N) is 1. The second kappa shape index (κ2) is 7.23. The van der Waals surface area contributed by atoms with Crippen LogP contribution in [-0.2, 0) is 16.4 Å². The first-order valence-electron chi connectivity index (χ1n) is 7.33. The molecule has 0 aliphatic heterocycles. The van der Waals surface area contributed by atoms with Crippen molar-refractivity contribution in [3.63, 3.8) is 0 Å². The van der Waals surface area contributed by atoms with E-state index >= 15 is 0 Å². The fourth-order valence-electron chi connectivity index (χ4n) is 2.90. The molecule has 0 saturated heterocycles. The van der Waals surface area contributed by atoms with Crippen molar-refractivity contribution in [1.82, 2.24) is 4.72 Å². The highest BCUT2D eigenvalue weighted by Crippen LogP contribution is 2.32. The quantitative estimate of drug-likeness (QED) is 0.620. The molecule has 1 unspecified atom stereocenters. The van der Waals surface area contributed by atoms with Gasteiger partial charge >= 0.3 is 0 Å². The lowest BCUT2D eigenvalue weighted by molar-refractivity contribution is 0.441. The molecule has 0 amide bonds. The summed E-state index contributed by atoms with van der Waals surface area (Å²) in [5.74, 6) is -4.80. The first kappa shape index (κ1) is 19.6. The number of benzene rings is 2. The van der Waals surface area contributed by atoms with Crippen molar-refractivity contribution < 1.29 is 21.6 Å². The second-order valence-corrected chi connectivity index (χ2v) is 7.44. The molecule has 0 bridgehead atoms. The lowest BCUT2D eigenvalue weighted by atomic mass is 9.88. The average molecular weight is 393 g/mol. The summed E-state index contributed by atoms with van der Waals surface area (Å²) in [6.45, 7) is 0. The number of hydrogen-bond acceptors (Lipinski definition) is 3. The third-order valence-corrected chi connectivity index (χ3v) is 5.50. The van der Waals surface area contributed by atoms with Gasteiger partial charge in [-0.15, -0.1) is 12.4 Å². The van der Waals surface area contributed by atoms with Gasteiger partial charge in [0.25, 0.3) is 0 Å². The van der Waals surface area contributed by atoms with Crippen molar-refractivity contribution in [3.05, 3.63) is 58.9 Å². The Balaban J connectivity index is 0.00000225. The predicted molar refractivity (Wildman–Crippen MR) is 90.4 cm³/mol. The molecule has 0 saturated carbocycles. The minimum absolute atomic E-state index is 0. The van der Waals surface area contributed by atoms with E-state index in [1.807, 2.05) is 0 Å². The molecule has 0 fully saturated rings. The fraction of sp³-hybridized carbons (Fsp3) is 0.250. The molecule has 0 heterocycles. The van der Waals surface area contributed by atoms with Crippen LogP contribution in [0, 0.1) is 17.5 Å². The Bertz CT molecular complexity index is 883. The van der Waals surface area contributed by atoms with Gasteiger partial charge < -0.3 is 5.73 Å². The maximum atomic E-state index is 13.3. The van der Waals surface area contributed by atoms with Crippen LogP contribution in [0.1, 0.15) is 30.0 Å². The van der Waals surface area contributed by atoms with E-state index in [2.05, 4.69) is 4.72 Å². The topological polar surface area (TPSA) is 72.2 Å². The zero-order chi connectivity index (χ0) is 17.5. The molecule has 0 spiro atoms. The molecule has 4 nitrogen and oxygen atoms in total. The Kier molecular flexibility index (Phi) is 5.65. The molecular formula is C16H16ClF3N2O2S. The van der Waals surface area contributed by atoms with Crippen LogP contribution in [0.5, 0.6) is 0 Å². The van der Waals surface area contributed by atoms with Crippen LogP contribution >= 0.6 is 12.4 Å². The van der Waals surface area contributed by atoms with E-state index < -0.39 is 38.4 Å². The summed E-state index contributed by atoms with van der Waals surface area (Å²) in [7, 11) is -4.20. The normalized spacial score (nSPS) is 16.8. The molecule has 1 aliphatic rings. The van der Waals surface area contributed by atoms with Crippen LogP contribution in [0.15, 0.2) is 35.2 Å². The number of rotatable bonds is 3. The third-order valence-electron chi connectivity index (χ3n) is 4.05. The van der Waals surface area contributed by atoms with Gasteiger partial charge in [-0.2, -0.15) is 0 Å². The van der Waals surface area contributed by atoms with Crippen LogP contribution in [0.3, 0.4) is 0 Å². The van der Waals surface area contributed by atoms with E-state index in [4.69, 9.17) is 5.73 Å². The SMILES string of the molecule is Cl.Nc1ccc2c(c1)CCCC2NS(=O)(=O)c1cc(F)c(F)c(F)c1. The van der Waals surface area contributed by atoms with Gasteiger partial charge in [-0.1, -0.05) is 6.07 Å². The Labute approximate surface area is 149 Å². The Morgan fingerprint density at radius 3 is 2.36 bits per heavy atom. The number of nitrogen functional groups attached to an aromatic ring is 1. The number of nitrogens with two attached hydrogens (primary N) is 1. The molecular weight excluding hydrogens is 377 g/mol. The average Bonchev–Trinajstić information content (AvgIpc) is 2.51. The van der Waals surface area contributed by atoms with Gasteiger partial charge in [-0.25, -0.2) is 26.3 Å². The largest absolute Gasteiger partial charge is 0.399 e. The Hall–Kier alpha value is -1.77. The summed E-state index contributed by atoms with van der Waals surface area (Å²) in [6.07, 6.45) is 2.07. The highest BCUT2D eigenvalue weighted by molar-refractivity contribution is 7.89. The van der Waals surface area contributed by atoms with Crippen molar-refractivity contribution in [2.24, 2.45) is 0 Å². The molecule has 0 radical (unpaired) electrons. The van der Waals surface area contributed by atoms with Gasteiger partial charge in [0.15, 0.2) is 17.5 Å². The van der Waals surface area contributed by atoms with Crippen LogP contribution in [0.4, 0.5) is 18.9 Å². The van der Waals surface area contributed by atoms with Gasteiger partial charge in [0, 0.05) is 11.7 Å². The molecule has 3 N–H and O–H groups in total. The van der Waals surface area contributed by atoms with Crippen molar-refractivity contribution in [1.29, 1.82) is 0 Å². The molecule has 2 aromatic rings. The number of halogens is 4. The summed E-state index contributed by atoms with van der Waals surface area (Å²) in [6, 6.07) is 5.59. The standard InChI is InChI=1S/C16H15F3N2O2S.ClH/c17-13-7-11(8-14(18)16(13)19)24(22,23)21-15-3-1-2-9-6-10(20)4-5-12(9)15;/h4-8,15,21H,1-3,20H2;1H. The van der Waals surface area contributed by atoms with E-state index in [0.717, 1.165) is 24.0 Å². The van der Waals surface area contributed by atoms with Crippen molar-refractivity contribution in [2.45, 2.75) is 30.2 Å². The lowest BCUT2D eigenvalue weighted by Crippen LogP contribution is -2.31. The van der Waals surface area contributed by atoms with Gasteiger partial charge in [-0.05, 0) is 54.7 Å². The van der Waals surface area contributed by atoms with Crippen LogP contribution in [0.25, 0.3) is 0 Å². The van der Waals surface area contributed by atoms with Gasteiger partial charge in [-0.3, -0.25) is 0 Å². The number of sulfonamides is 1. The van der Waals surface area contributed by atoms with Crippen LogP contribution in [-0.4, -0.2) is 8.42 Å². The first-order chi connectivity index (χ1) is 11.3.